The van der Waals surface area contributed by atoms with Gasteiger partial charge in [-0.1, -0.05) is 30.3 Å². The molecule has 1 aliphatic rings. The standard InChI is InChI=1S/C21H24F3N3O/c22-21(23,24)18-8-6-17(7-9-18)16-27-14-12-26(13-15-27)11-10-20(28)25-19-4-2-1-3-5-19/h1-9H,10-16H2,(H,25,28). The average Bonchev–Trinajstić information content (AvgIpc) is 2.68. The van der Waals surface area contributed by atoms with Crippen LogP contribution in [0.4, 0.5) is 18.9 Å². The first-order valence-electron chi connectivity index (χ1n) is 9.36. The number of carbonyl (C=O) groups excluding carboxylic acids is 1. The van der Waals surface area contributed by atoms with E-state index in [2.05, 4.69) is 15.1 Å². The lowest BCUT2D eigenvalue weighted by Gasteiger charge is -2.34. The van der Waals surface area contributed by atoms with Gasteiger partial charge in [0.15, 0.2) is 0 Å². The van der Waals surface area contributed by atoms with E-state index in [1.54, 1.807) is 12.1 Å². The molecule has 1 aliphatic heterocycles. The van der Waals surface area contributed by atoms with E-state index in [1.165, 1.54) is 0 Å². The Bertz CT molecular complexity index is 755. The Balaban J connectivity index is 1.38. The van der Waals surface area contributed by atoms with Crippen LogP contribution in [0.3, 0.4) is 0 Å². The van der Waals surface area contributed by atoms with Crippen molar-refractivity contribution in [2.24, 2.45) is 0 Å². The lowest BCUT2D eigenvalue weighted by molar-refractivity contribution is -0.137. The predicted octanol–water partition coefficient (Wildman–Crippen LogP) is 3.85. The number of hydrogen-bond acceptors (Lipinski definition) is 3. The van der Waals surface area contributed by atoms with Gasteiger partial charge in [-0.25, -0.2) is 0 Å². The van der Waals surface area contributed by atoms with Crippen LogP contribution in [-0.2, 0) is 17.5 Å². The van der Waals surface area contributed by atoms with Crippen LogP contribution in [0.15, 0.2) is 54.6 Å². The molecule has 0 saturated carbocycles. The molecule has 0 spiro atoms. The van der Waals surface area contributed by atoms with Crippen molar-refractivity contribution in [3.8, 4) is 0 Å². The van der Waals surface area contributed by atoms with Crippen LogP contribution < -0.4 is 5.32 Å². The molecule has 0 atom stereocenters. The highest BCUT2D eigenvalue weighted by molar-refractivity contribution is 5.90. The number of anilines is 1. The fourth-order valence-electron chi connectivity index (χ4n) is 3.23. The van der Waals surface area contributed by atoms with Gasteiger partial charge >= 0.3 is 6.18 Å². The van der Waals surface area contributed by atoms with Crippen LogP contribution in [0.1, 0.15) is 17.5 Å². The second kappa shape index (κ2) is 9.21. The molecule has 1 amide bonds. The Hall–Kier alpha value is -2.38. The Morgan fingerprint density at radius 2 is 1.50 bits per heavy atom. The number of piperazine rings is 1. The second-order valence-electron chi connectivity index (χ2n) is 6.98. The molecular weight excluding hydrogens is 367 g/mol. The number of carbonyl (C=O) groups is 1. The minimum atomic E-state index is -4.29. The number of nitrogens with one attached hydrogen (secondary N) is 1. The second-order valence-corrected chi connectivity index (χ2v) is 6.98. The summed E-state index contributed by atoms with van der Waals surface area (Å²) in [5, 5.41) is 2.88. The molecule has 0 aromatic heterocycles. The molecule has 3 rings (SSSR count). The highest BCUT2D eigenvalue weighted by Gasteiger charge is 2.30. The third kappa shape index (κ3) is 6.07. The monoisotopic (exact) mass is 391 g/mol. The number of rotatable bonds is 6. The quantitative estimate of drug-likeness (QED) is 0.813. The third-order valence-electron chi connectivity index (χ3n) is 4.86. The first-order chi connectivity index (χ1) is 13.4. The lowest BCUT2D eigenvalue weighted by atomic mass is 10.1. The summed E-state index contributed by atoms with van der Waals surface area (Å²) < 4.78 is 37.9. The van der Waals surface area contributed by atoms with E-state index in [9.17, 15) is 18.0 Å². The van der Waals surface area contributed by atoms with Crippen molar-refractivity contribution in [3.63, 3.8) is 0 Å². The molecule has 0 bridgehead atoms. The molecular formula is C21H24F3N3O. The zero-order valence-corrected chi connectivity index (χ0v) is 15.6. The number of amides is 1. The Morgan fingerprint density at radius 3 is 2.11 bits per heavy atom. The van der Waals surface area contributed by atoms with Crippen molar-refractivity contribution in [1.82, 2.24) is 9.80 Å². The molecule has 1 N–H and O–H groups in total. The summed E-state index contributed by atoms with van der Waals surface area (Å²) in [6, 6.07) is 14.7. The van der Waals surface area contributed by atoms with Crippen LogP contribution in [0.2, 0.25) is 0 Å². The maximum Gasteiger partial charge on any atom is 0.416 e. The van der Waals surface area contributed by atoms with Crippen LogP contribution in [-0.4, -0.2) is 48.4 Å². The Labute approximate surface area is 162 Å². The highest BCUT2D eigenvalue weighted by Crippen LogP contribution is 2.29. The topological polar surface area (TPSA) is 35.6 Å². The fourth-order valence-corrected chi connectivity index (χ4v) is 3.23. The maximum absolute atomic E-state index is 12.6. The normalized spacial score (nSPS) is 16.1. The summed E-state index contributed by atoms with van der Waals surface area (Å²) in [5.41, 5.74) is 1.06. The number of hydrogen-bond donors (Lipinski definition) is 1. The number of para-hydroxylation sites is 1. The summed E-state index contributed by atoms with van der Waals surface area (Å²) in [6.07, 6.45) is -3.86. The molecule has 0 unspecified atom stereocenters. The van der Waals surface area contributed by atoms with Crippen molar-refractivity contribution in [2.75, 3.05) is 38.0 Å². The van der Waals surface area contributed by atoms with E-state index in [1.807, 2.05) is 30.3 Å². The van der Waals surface area contributed by atoms with E-state index < -0.39 is 11.7 Å². The third-order valence-corrected chi connectivity index (χ3v) is 4.86. The van der Waals surface area contributed by atoms with Crippen LogP contribution >= 0.6 is 0 Å². The lowest BCUT2D eigenvalue weighted by Crippen LogP contribution is -2.46. The zero-order chi connectivity index (χ0) is 20.0. The predicted molar refractivity (Wildman–Crippen MR) is 103 cm³/mol. The smallest absolute Gasteiger partial charge is 0.326 e. The fraction of sp³-hybridized carbons (Fsp3) is 0.381. The van der Waals surface area contributed by atoms with Gasteiger partial charge in [0.25, 0.3) is 0 Å². The minimum Gasteiger partial charge on any atom is -0.326 e. The SMILES string of the molecule is O=C(CCN1CCN(Cc2ccc(C(F)(F)F)cc2)CC1)Nc1ccccc1. The van der Waals surface area contributed by atoms with Gasteiger partial charge < -0.3 is 10.2 Å². The van der Waals surface area contributed by atoms with Gasteiger partial charge in [0.05, 0.1) is 5.56 Å². The Morgan fingerprint density at radius 1 is 0.893 bits per heavy atom. The molecule has 1 heterocycles. The summed E-state index contributed by atoms with van der Waals surface area (Å²) in [6.45, 7) is 4.70. The highest BCUT2D eigenvalue weighted by atomic mass is 19.4. The van der Waals surface area contributed by atoms with Gasteiger partial charge in [-0.3, -0.25) is 9.69 Å². The number of nitrogens with zero attached hydrogens (tertiary/aromatic N) is 2. The summed E-state index contributed by atoms with van der Waals surface area (Å²) >= 11 is 0. The van der Waals surface area contributed by atoms with E-state index in [0.29, 0.717) is 19.5 Å². The maximum atomic E-state index is 12.6. The van der Waals surface area contributed by atoms with Crippen molar-refractivity contribution >= 4 is 11.6 Å². The first-order valence-corrected chi connectivity index (χ1v) is 9.36. The van der Waals surface area contributed by atoms with Crippen molar-refractivity contribution in [3.05, 3.63) is 65.7 Å². The minimum absolute atomic E-state index is 0.00150. The van der Waals surface area contributed by atoms with Crippen molar-refractivity contribution in [1.29, 1.82) is 0 Å². The summed E-state index contributed by atoms with van der Waals surface area (Å²) in [7, 11) is 0. The van der Waals surface area contributed by atoms with Gasteiger partial charge in [0.1, 0.15) is 0 Å². The molecule has 7 heteroatoms. The van der Waals surface area contributed by atoms with Gasteiger partial charge in [0.2, 0.25) is 5.91 Å². The summed E-state index contributed by atoms with van der Waals surface area (Å²) in [5.74, 6) is -0.00150. The molecule has 0 aliphatic carbocycles. The number of alkyl halides is 3. The molecule has 1 fully saturated rings. The van der Waals surface area contributed by atoms with Crippen LogP contribution in [0, 0.1) is 0 Å². The van der Waals surface area contributed by atoms with E-state index in [4.69, 9.17) is 0 Å². The zero-order valence-electron chi connectivity index (χ0n) is 15.6. The van der Waals surface area contributed by atoms with E-state index in [-0.39, 0.29) is 5.91 Å². The molecule has 0 radical (unpaired) electrons. The first kappa shape index (κ1) is 20.4. The largest absolute Gasteiger partial charge is 0.416 e. The molecule has 1 saturated heterocycles. The van der Waals surface area contributed by atoms with Gasteiger partial charge in [-0.2, -0.15) is 13.2 Å². The van der Waals surface area contributed by atoms with Crippen molar-refractivity contribution < 1.29 is 18.0 Å². The number of halogens is 3. The molecule has 2 aromatic rings. The summed E-state index contributed by atoms with van der Waals surface area (Å²) in [4.78, 5) is 16.5. The molecule has 28 heavy (non-hydrogen) atoms. The number of benzene rings is 2. The molecule has 2 aromatic carbocycles. The van der Waals surface area contributed by atoms with Gasteiger partial charge in [-0.05, 0) is 29.8 Å². The van der Waals surface area contributed by atoms with Crippen molar-refractivity contribution in [2.45, 2.75) is 19.1 Å². The average molecular weight is 391 g/mol. The molecule has 150 valence electrons. The van der Waals surface area contributed by atoms with Gasteiger partial charge in [0, 0.05) is 51.4 Å². The van der Waals surface area contributed by atoms with Gasteiger partial charge in [-0.15, -0.1) is 0 Å². The Kier molecular flexibility index (Phi) is 6.70. The van der Waals surface area contributed by atoms with E-state index >= 15 is 0 Å². The van der Waals surface area contributed by atoms with Crippen LogP contribution in [0.25, 0.3) is 0 Å². The van der Waals surface area contributed by atoms with E-state index in [0.717, 1.165) is 49.6 Å². The molecule has 4 nitrogen and oxygen atoms in total. The van der Waals surface area contributed by atoms with Crippen LogP contribution in [0.5, 0.6) is 0 Å².